The van der Waals surface area contributed by atoms with Crippen LogP contribution in [0.15, 0.2) is 18.3 Å². The number of carbonyl (C=O) groups is 2. The molecule has 21 heavy (non-hydrogen) atoms. The van der Waals surface area contributed by atoms with Gasteiger partial charge in [0.25, 0.3) is 5.91 Å². The molecule has 2 atom stereocenters. The summed E-state index contributed by atoms with van der Waals surface area (Å²) >= 11 is 0. The van der Waals surface area contributed by atoms with Crippen LogP contribution >= 0.6 is 0 Å². The molecule has 1 saturated carbocycles. The third kappa shape index (κ3) is 3.71. The first kappa shape index (κ1) is 15.3. The molecule has 1 aliphatic carbocycles. The van der Waals surface area contributed by atoms with Crippen LogP contribution in [0, 0.1) is 5.92 Å². The van der Waals surface area contributed by atoms with Gasteiger partial charge in [-0.1, -0.05) is 19.3 Å². The third-order valence-electron chi connectivity index (χ3n) is 3.86. The van der Waals surface area contributed by atoms with E-state index < -0.39 is 11.9 Å². The molecule has 2 N–H and O–H groups in total. The molecule has 2 rings (SSSR count). The molecule has 0 unspecified atom stereocenters. The summed E-state index contributed by atoms with van der Waals surface area (Å²) < 4.78 is 5.07. The fraction of sp³-hybridized carbons (Fsp3) is 0.533. The van der Waals surface area contributed by atoms with Crippen molar-refractivity contribution in [1.82, 2.24) is 10.3 Å². The topological polar surface area (TPSA) is 88.5 Å². The molecule has 114 valence electrons. The third-order valence-corrected chi connectivity index (χ3v) is 3.86. The Morgan fingerprint density at radius 1 is 1.33 bits per heavy atom. The zero-order chi connectivity index (χ0) is 15.2. The molecule has 1 aromatic heterocycles. The van der Waals surface area contributed by atoms with Crippen molar-refractivity contribution in [3.05, 3.63) is 23.9 Å². The standard InChI is InChI=1S/C15H20N2O4/c1-21-14-11(7-5-9-16-14)13(18)17-12-8-4-2-3-6-10(12)15(19)20/h5,7,9-10,12H,2-4,6,8H2,1H3,(H,17,18)(H,19,20)/t10-,12+/m1/s1. The number of nitrogens with zero attached hydrogens (tertiary/aromatic N) is 1. The van der Waals surface area contributed by atoms with E-state index in [2.05, 4.69) is 10.3 Å². The Morgan fingerprint density at radius 2 is 2.10 bits per heavy atom. The van der Waals surface area contributed by atoms with Crippen LogP contribution in [-0.2, 0) is 4.79 Å². The molecule has 1 aromatic rings. The van der Waals surface area contributed by atoms with Crippen molar-refractivity contribution in [1.29, 1.82) is 0 Å². The molecule has 0 radical (unpaired) electrons. The van der Waals surface area contributed by atoms with Gasteiger partial charge in [-0.15, -0.1) is 0 Å². The van der Waals surface area contributed by atoms with Crippen molar-refractivity contribution >= 4 is 11.9 Å². The summed E-state index contributed by atoms with van der Waals surface area (Å²) in [6.45, 7) is 0. The Hall–Kier alpha value is -2.11. The van der Waals surface area contributed by atoms with E-state index in [-0.39, 0.29) is 17.8 Å². The molecule has 1 amide bonds. The van der Waals surface area contributed by atoms with Gasteiger partial charge < -0.3 is 15.2 Å². The lowest BCUT2D eigenvalue weighted by atomic mass is 9.94. The fourth-order valence-corrected chi connectivity index (χ4v) is 2.75. The highest BCUT2D eigenvalue weighted by Gasteiger charge is 2.31. The average molecular weight is 292 g/mol. The smallest absolute Gasteiger partial charge is 0.308 e. The number of aromatic nitrogens is 1. The van der Waals surface area contributed by atoms with E-state index in [0.717, 1.165) is 19.3 Å². The Kier molecular flexibility index (Phi) is 5.14. The lowest BCUT2D eigenvalue weighted by molar-refractivity contribution is -0.142. The Labute approximate surface area is 123 Å². The minimum atomic E-state index is -0.847. The maximum atomic E-state index is 12.3. The number of rotatable bonds is 4. The highest BCUT2D eigenvalue weighted by molar-refractivity contribution is 5.96. The van der Waals surface area contributed by atoms with Crippen molar-refractivity contribution < 1.29 is 19.4 Å². The van der Waals surface area contributed by atoms with Crippen LogP contribution in [0.4, 0.5) is 0 Å². The number of hydrogen-bond donors (Lipinski definition) is 2. The summed E-state index contributed by atoms with van der Waals surface area (Å²) in [4.78, 5) is 27.7. The maximum absolute atomic E-state index is 12.3. The lowest BCUT2D eigenvalue weighted by Crippen LogP contribution is -2.43. The normalized spacial score (nSPS) is 22.1. The number of hydrogen-bond acceptors (Lipinski definition) is 4. The number of methoxy groups -OCH3 is 1. The van der Waals surface area contributed by atoms with Crippen LogP contribution in [0.2, 0.25) is 0 Å². The highest BCUT2D eigenvalue weighted by atomic mass is 16.5. The molecule has 0 saturated heterocycles. The molecule has 6 nitrogen and oxygen atoms in total. The van der Waals surface area contributed by atoms with Crippen LogP contribution in [0.3, 0.4) is 0 Å². The van der Waals surface area contributed by atoms with E-state index in [1.54, 1.807) is 18.3 Å². The second kappa shape index (κ2) is 7.06. The van der Waals surface area contributed by atoms with Crippen LogP contribution in [0.1, 0.15) is 42.5 Å². The van der Waals surface area contributed by atoms with Gasteiger partial charge in [0, 0.05) is 12.2 Å². The van der Waals surface area contributed by atoms with Crippen LogP contribution in [0.5, 0.6) is 5.88 Å². The molecular weight excluding hydrogens is 272 g/mol. The number of amides is 1. The first-order valence-corrected chi connectivity index (χ1v) is 7.16. The van der Waals surface area contributed by atoms with Crippen LogP contribution in [0.25, 0.3) is 0 Å². The number of carboxylic acids is 1. The summed E-state index contributed by atoms with van der Waals surface area (Å²) in [5.41, 5.74) is 0.327. The van der Waals surface area contributed by atoms with E-state index in [1.807, 2.05) is 0 Å². The molecule has 1 fully saturated rings. The lowest BCUT2D eigenvalue weighted by Gasteiger charge is -2.23. The van der Waals surface area contributed by atoms with Gasteiger partial charge in [0.15, 0.2) is 0 Å². The average Bonchev–Trinajstić information content (AvgIpc) is 2.72. The highest BCUT2D eigenvalue weighted by Crippen LogP contribution is 2.24. The second-order valence-electron chi connectivity index (χ2n) is 5.22. The number of nitrogens with one attached hydrogen (secondary N) is 1. The predicted octanol–water partition coefficient (Wildman–Crippen LogP) is 1.85. The van der Waals surface area contributed by atoms with E-state index >= 15 is 0 Å². The summed E-state index contributed by atoms with van der Waals surface area (Å²) in [7, 11) is 1.45. The van der Waals surface area contributed by atoms with Crippen LogP contribution < -0.4 is 10.1 Å². The molecule has 0 aliphatic heterocycles. The first-order chi connectivity index (χ1) is 10.1. The number of pyridine rings is 1. The van der Waals surface area contributed by atoms with Crippen molar-refractivity contribution in [2.75, 3.05) is 7.11 Å². The van der Waals surface area contributed by atoms with Gasteiger partial charge >= 0.3 is 5.97 Å². The zero-order valence-corrected chi connectivity index (χ0v) is 12.0. The quantitative estimate of drug-likeness (QED) is 0.827. The van der Waals surface area contributed by atoms with Gasteiger partial charge in [0.2, 0.25) is 5.88 Å². The summed E-state index contributed by atoms with van der Waals surface area (Å²) in [6, 6.07) is 2.93. The van der Waals surface area contributed by atoms with Crippen molar-refractivity contribution in [3.8, 4) is 5.88 Å². The fourth-order valence-electron chi connectivity index (χ4n) is 2.75. The first-order valence-electron chi connectivity index (χ1n) is 7.16. The number of carbonyl (C=O) groups excluding carboxylic acids is 1. The van der Waals surface area contributed by atoms with Crippen molar-refractivity contribution in [3.63, 3.8) is 0 Å². The van der Waals surface area contributed by atoms with Gasteiger partial charge in [-0.3, -0.25) is 9.59 Å². The minimum absolute atomic E-state index is 0.246. The van der Waals surface area contributed by atoms with Crippen molar-refractivity contribution in [2.45, 2.75) is 38.1 Å². The summed E-state index contributed by atoms with van der Waals surface area (Å²) in [6.07, 6.45) is 5.65. The second-order valence-corrected chi connectivity index (χ2v) is 5.22. The molecule has 0 spiro atoms. The molecule has 1 heterocycles. The SMILES string of the molecule is COc1ncccc1C(=O)N[C@H]1CCCCC[C@H]1C(=O)O. The molecule has 0 aromatic carbocycles. The molecule has 0 bridgehead atoms. The minimum Gasteiger partial charge on any atom is -0.481 e. The van der Waals surface area contributed by atoms with Gasteiger partial charge in [0.1, 0.15) is 5.56 Å². The molecule has 6 heteroatoms. The van der Waals surface area contributed by atoms with Crippen molar-refractivity contribution in [2.24, 2.45) is 5.92 Å². The molecule has 1 aliphatic rings. The van der Waals surface area contributed by atoms with E-state index in [0.29, 0.717) is 18.4 Å². The Bertz CT molecular complexity index is 518. The van der Waals surface area contributed by atoms with Gasteiger partial charge in [-0.2, -0.15) is 0 Å². The maximum Gasteiger partial charge on any atom is 0.308 e. The Morgan fingerprint density at radius 3 is 2.81 bits per heavy atom. The van der Waals surface area contributed by atoms with Gasteiger partial charge in [0.05, 0.1) is 13.0 Å². The number of aliphatic carboxylic acids is 1. The number of ether oxygens (including phenoxy) is 1. The largest absolute Gasteiger partial charge is 0.481 e. The monoisotopic (exact) mass is 292 g/mol. The number of carboxylic acid groups (broad SMARTS) is 1. The zero-order valence-electron chi connectivity index (χ0n) is 12.0. The summed E-state index contributed by atoms with van der Waals surface area (Å²) in [5.74, 6) is -1.46. The summed E-state index contributed by atoms with van der Waals surface area (Å²) in [5, 5.41) is 12.2. The van der Waals surface area contributed by atoms with E-state index in [9.17, 15) is 14.7 Å². The van der Waals surface area contributed by atoms with E-state index in [1.165, 1.54) is 7.11 Å². The van der Waals surface area contributed by atoms with Crippen LogP contribution in [-0.4, -0.2) is 35.1 Å². The van der Waals surface area contributed by atoms with Gasteiger partial charge in [-0.25, -0.2) is 4.98 Å². The van der Waals surface area contributed by atoms with Gasteiger partial charge in [-0.05, 0) is 25.0 Å². The van der Waals surface area contributed by atoms with E-state index in [4.69, 9.17) is 4.74 Å². The Balaban J connectivity index is 2.14. The predicted molar refractivity (Wildman–Crippen MR) is 76.3 cm³/mol. The molecular formula is C15H20N2O4.